The highest BCUT2D eigenvalue weighted by molar-refractivity contribution is 5.76. The smallest absolute Gasteiger partial charge is 0.244 e. The van der Waals surface area contributed by atoms with Gasteiger partial charge in [0, 0.05) is 25.4 Å². The van der Waals surface area contributed by atoms with Crippen LogP contribution in [0.15, 0.2) is 12.3 Å². The molecule has 2 aromatic heterocycles. The molecule has 1 saturated heterocycles. The predicted molar refractivity (Wildman–Crippen MR) is 95.3 cm³/mol. The molecule has 2 N–H and O–H groups in total. The van der Waals surface area contributed by atoms with E-state index >= 15 is 0 Å². The van der Waals surface area contributed by atoms with Gasteiger partial charge in [-0.05, 0) is 38.7 Å². The van der Waals surface area contributed by atoms with Crippen molar-refractivity contribution in [2.75, 3.05) is 25.4 Å². The summed E-state index contributed by atoms with van der Waals surface area (Å²) in [6.45, 7) is 5.90. The third-order valence-corrected chi connectivity index (χ3v) is 5.31. The number of aromatic nitrogens is 4. The number of aryl methyl sites for hydroxylation is 2. The van der Waals surface area contributed by atoms with E-state index in [9.17, 15) is 4.79 Å². The SMILES string of the molecule is Cc1cc(N)n(CC(=O)N2CCC3(CC2)OCCc2cnc(C)nc23)n1. The van der Waals surface area contributed by atoms with E-state index in [1.165, 1.54) is 5.56 Å². The quantitative estimate of drug-likeness (QED) is 0.860. The van der Waals surface area contributed by atoms with Crippen molar-refractivity contribution in [2.45, 2.75) is 45.3 Å². The van der Waals surface area contributed by atoms with E-state index in [4.69, 9.17) is 10.5 Å². The molecule has 26 heavy (non-hydrogen) atoms. The monoisotopic (exact) mass is 356 g/mol. The molecule has 8 heteroatoms. The number of anilines is 1. The second-order valence-electron chi connectivity index (χ2n) is 7.13. The average molecular weight is 356 g/mol. The number of fused-ring (bicyclic) bond motifs is 2. The molecule has 4 heterocycles. The highest BCUT2D eigenvalue weighted by Gasteiger charge is 2.43. The number of nitrogen functional groups attached to an aromatic ring is 1. The number of likely N-dealkylation sites (tertiary alicyclic amines) is 1. The van der Waals surface area contributed by atoms with E-state index in [2.05, 4.69) is 15.1 Å². The second kappa shape index (κ2) is 6.35. The molecule has 1 fully saturated rings. The Bertz CT molecular complexity index is 838. The van der Waals surface area contributed by atoms with Gasteiger partial charge in [-0.15, -0.1) is 0 Å². The van der Waals surface area contributed by atoms with Crippen LogP contribution in [-0.2, 0) is 28.1 Å². The molecule has 2 aliphatic heterocycles. The lowest BCUT2D eigenvalue weighted by atomic mass is 9.83. The van der Waals surface area contributed by atoms with Crippen LogP contribution >= 0.6 is 0 Å². The summed E-state index contributed by atoms with van der Waals surface area (Å²) in [5, 5.41) is 4.27. The minimum absolute atomic E-state index is 0.0320. The van der Waals surface area contributed by atoms with Crippen LogP contribution < -0.4 is 5.73 Å². The number of nitrogens with two attached hydrogens (primary N) is 1. The molecule has 2 aromatic rings. The summed E-state index contributed by atoms with van der Waals surface area (Å²) < 4.78 is 7.75. The summed E-state index contributed by atoms with van der Waals surface area (Å²) in [7, 11) is 0. The first kappa shape index (κ1) is 17.0. The van der Waals surface area contributed by atoms with Gasteiger partial charge >= 0.3 is 0 Å². The Labute approximate surface area is 152 Å². The van der Waals surface area contributed by atoms with Crippen molar-refractivity contribution in [2.24, 2.45) is 0 Å². The number of hydrogen-bond acceptors (Lipinski definition) is 6. The molecule has 0 atom stereocenters. The van der Waals surface area contributed by atoms with Gasteiger partial charge in [0.25, 0.3) is 0 Å². The lowest BCUT2D eigenvalue weighted by molar-refractivity contribution is -0.142. The molecule has 1 amide bonds. The van der Waals surface area contributed by atoms with Gasteiger partial charge in [0.05, 0.1) is 18.0 Å². The molecule has 0 aromatic carbocycles. The molecule has 8 nitrogen and oxygen atoms in total. The maximum Gasteiger partial charge on any atom is 0.244 e. The van der Waals surface area contributed by atoms with Crippen molar-refractivity contribution in [3.63, 3.8) is 0 Å². The first-order valence-electron chi connectivity index (χ1n) is 9.01. The molecule has 0 saturated carbocycles. The third kappa shape index (κ3) is 2.94. The van der Waals surface area contributed by atoms with E-state index in [-0.39, 0.29) is 18.1 Å². The molecule has 0 aliphatic carbocycles. The number of ether oxygens (including phenoxy) is 1. The van der Waals surface area contributed by atoms with Gasteiger partial charge in [-0.3, -0.25) is 4.79 Å². The largest absolute Gasteiger partial charge is 0.384 e. The van der Waals surface area contributed by atoms with E-state index in [0.717, 1.165) is 36.5 Å². The highest BCUT2D eigenvalue weighted by atomic mass is 16.5. The number of carbonyl (C=O) groups is 1. The van der Waals surface area contributed by atoms with Crippen LogP contribution in [-0.4, -0.2) is 50.3 Å². The average Bonchev–Trinajstić information content (AvgIpc) is 2.93. The third-order valence-electron chi connectivity index (χ3n) is 5.31. The van der Waals surface area contributed by atoms with Crippen molar-refractivity contribution in [1.82, 2.24) is 24.6 Å². The number of rotatable bonds is 2. The summed E-state index contributed by atoms with van der Waals surface area (Å²) in [4.78, 5) is 23.5. The van der Waals surface area contributed by atoms with Crippen molar-refractivity contribution in [1.29, 1.82) is 0 Å². The van der Waals surface area contributed by atoms with Gasteiger partial charge < -0.3 is 15.4 Å². The van der Waals surface area contributed by atoms with Gasteiger partial charge in [0.15, 0.2) is 0 Å². The maximum atomic E-state index is 12.6. The van der Waals surface area contributed by atoms with Gasteiger partial charge in [-0.25, -0.2) is 14.6 Å². The molecule has 4 rings (SSSR count). The van der Waals surface area contributed by atoms with Crippen LogP contribution in [0.25, 0.3) is 0 Å². The summed E-state index contributed by atoms with van der Waals surface area (Å²) in [6, 6.07) is 1.77. The Morgan fingerprint density at radius 1 is 1.35 bits per heavy atom. The normalized spacial score (nSPS) is 18.8. The standard InChI is InChI=1S/C18H24N6O2/c1-12-9-15(19)24(22-12)11-16(25)23-6-4-18(5-7-23)17-14(3-8-26-18)10-20-13(2)21-17/h9-10H,3-8,11,19H2,1-2H3. The number of carbonyl (C=O) groups excluding carboxylic acids is 1. The molecule has 0 bridgehead atoms. The first-order valence-corrected chi connectivity index (χ1v) is 9.01. The summed E-state index contributed by atoms with van der Waals surface area (Å²) in [6.07, 6.45) is 4.26. The van der Waals surface area contributed by atoms with Crippen LogP contribution in [0.1, 0.15) is 35.6 Å². The number of amides is 1. The van der Waals surface area contributed by atoms with E-state index in [0.29, 0.717) is 25.5 Å². The van der Waals surface area contributed by atoms with Crippen LogP contribution in [0, 0.1) is 13.8 Å². The van der Waals surface area contributed by atoms with E-state index < -0.39 is 0 Å². The lowest BCUT2D eigenvalue weighted by Gasteiger charge is -2.44. The summed E-state index contributed by atoms with van der Waals surface area (Å²) in [5.74, 6) is 1.31. The highest BCUT2D eigenvalue weighted by Crippen LogP contribution is 2.40. The molecule has 138 valence electrons. The minimum Gasteiger partial charge on any atom is -0.384 e. The molecule has 1 spiro atoms. The van der Waals surface area contributed by atoms with Crippen LogP contribution in [0.3, 0.4) is 0 Å². The Morgan fingerprint density at radius 3 is 2.81 bits per heavy atom. The van der Waals surface area contributed by atoms with Crippen molar-refractivity contribution in [3.05, 3.63) is 35.0 Å². The Hall–Kier alpha value is -2.48. The first-order chi connectivity index (χ1) is 12.5. The molecule has 2 aliphatic rings. The number of hydrogen-bond donors (Lipinski definition) is 1. The summed E-state index contributed by atoms with van der Waals surface area (Å²) >= 11 is 0. The lowest BCUT2D eigenvalue weighted by Crippen LogP contribution is -2.49. The van der Waals surface area contributed by atoms with Crippen LogP contribution in [0.2, 0.25) is 0 Å². The van der Waals surface area contributed by atoms with Gasteiger partial charge in [-0.2, -0.15) is 5.10 Å². The Morgan fingerprint density at radius 2 is 2.12 bits per heavy atom. The molecule has 0 radical (unpaired) electrons. The van der Waals surface area contributed by atoms with Gasteiger partial charge in [-0.1, -0.05) is 0 Å². The Balaban J connectivity index is 1.47. The number of nitrogens with zero attached hydrogens (tertiary/aromatic N) is 5. The topological polar surface area (TPSA) is 99.2 Å². The van der Waals surface area contributed by atoms with Gasteiger partial charge in [0.1, 0.15) is 23.8 Å². The van der Waals surface area contributed by atoms with Crippen LogP contribution in [0.5, 0.6) is 0 Å². The van der Waals surface area contributed by atoms with Crippen molar-refractivity contribution >= 4 is 11.7 Å². The van der Waals surface area contributed by atoms with E-state index in [1.807, 2.05) is 24.9 Å². The van der Waals surface area contributed by atoms with E-state index in [1.54, 1.807) is 10.7 Å². The second-order valence-corrected chi connectivity index (χ2v) is 7.13. The van der Waals surface area contributed by atoms with Gasteiger partial charge in [0.2, 0.25) is 5.91 Å². The number of piperidine rings is 1. The maximum absolute atomic E-state index is 12.6. The fraction of sp³-hybridized carbons (Fsp3) is 0.556. The van der Waals surface area contributed by atoms with Crippen molar-refractivity contribution < 1.29 is 9.53 Å². The van der Waals surface area contributed by atoms with Crippen LogP contribution in [0.4, 0.5) is 5.82 Å². The summed E-state index contributed by atoms with van der Waals surface area (Å²) in [5.41, 5.74) is 8.50. The zero-order chi connectivity index (χ0) is 18.3. The fourth-order valence-electron chi connectivity index (χ4n) is 3.92. The Kier molecular flexibility index (Phi) is 4.14. The fourth-order valence-corrected chi connectivity index (χ4v) is 3.92. The molecule has 0 unspecified atom stereocenters. The van der Waals surface area contributed by atoms with Crippen molar-refractivity contribution in [3.8, 4) is 0 Å². The zero-order valence-corrected chi connectivity index (χ0v) is 15.2. The predicted octanol–water partition coefficient (Wildman–Crippen LogP) is 0.963. The zero-order valence-electron chi connectivity index (χ0n) is 15.2. The minimum atomic E-state index is -0.390. The molecular weight excluding hydrogens is 332 g/mol. The molecular formula is C18H24N6O2.